The zero-order valence-electron chi connectivity index (χ0n) is 17.1. The van der Waals surface area contributed by atoms with Gasteiger partial charge in [-0.2, -0.15) is 0 Å². The fraction of sp³-hybridized carbons (Fsp3) is 0.273. The van der Waals surface area contributed by atoms with Gasteiger partial charge in [0.25, 0.3) is 0 Å². The molecule has 1 amide bonds. The van der Waals surface area contributed by atoms with Crippen molar-refractivity contribution >= 4 is 29.0 Å². The third-order valence-electron chi connectivity index (χ3n) is 4.29. The molecule has 0 fully saturated rings. The van der Waals surface area contributed by atoms with Gasteiger partial charge in [-0.3, -0.25) is 4.79 Å². The molecule has 158 valence electrons. The van der Waals surface area contributed by atoms with Gasteiger partial charge in [0.05, 0.1) is 33.4 Å². The molecule has 0 aliphatic rings. The Labute approximate surface area is 184 Å². The van der Waals surface area contributed by atoms with Crippen LogP contribution in [0.15, 0.2) is 52.2 Å². The number of carbonyl (C=O) groups excluding carboxylic acids is 1. The molecule has 3 rings (SSSR count). The third kappa shape index (κ3) is 6.40. The largest absolute Gasteiger partial charge is 0.497 e. The lowest BCUT2D eigenvalue weighted by atomic mass is 10.2. The number of hydrogen-bond donors (Lipinski definition) is 1. The summed E-state index contributed by atoms with van der Waals surface area (Å²) < 4.78 is 16.7. The number of nitrogens with one attached hydrogen (secondary N) is 1. The van der Waals surface area contributed by atoms with E-state index in [1.165, 1.54) is 0 Å². The smallest absolute Gasteiger partial charge is 0.226 e. The van der Waals surface area contributed by atoms with E-state index in [0.717, 1.165) is 44.2 Å². The predicted molar refractivity (Wildman–Crippen MR) is 120 cm³/mol. The molecule has 0 aliphatic heterocycles. The van der Waals surface area contributed by atoms with Crippen LogP contribution >= 0.6 is 23.1 Å². The van der Waals surface area contributed by atoms with Crippen molar-refractivity contribution in [2.24, 2.45) is 0 Å². The Kier molecular flexibility index (Phi) is 7.98. The lowest BCUT2D eigenvalue weighted by molar-refractivity contribution is -0.120. The molecule has 0 radical (unpaired) electrons. The average Bonchev–Trinajstić information content (AvgIpc) is 3.23. The van der Waals surface area contributed by atoms with Crippen molar-refractivity contribution in [1.29, 1.82) is 0 Å². The number of amides is 1. The Balaban J connectivity index is 1.49. The van der Waals surface area contributed by atoms with Crippen LogP contribution in [0.2, 0.25) is 0 Å². The van der Waals surface area contributed by atoms with Crippen LogP contribution in [0.25, 0.3) is 0 Å². The standard InChI is InChI=1S/C22H24N2O4S2/c1-26-18-6-4-15(5-7-18)12-23-21(25)10-17-14-30-22(24-17)29-13-16-8-19(27-2)11-20(9-16)28-3/h4-9,11,14H,10,12-13H2,1-3H3,(H,23,25). The number of ether oxygens (including phenoxy) is 3. The minimum Gasteiger partial charge on any atom is -0.497 e. The third-order valence-corrected chi connectivity index (χ3v) is 6.44. The fourth-order valence-corrected chi connectivity index (χ4v) is 4.48. The van der Waals surface area contributed by atoms with Crippen LogP contribution in [0.1, 0.15) is 16.8 Å². The Morgan fingerprint density at radius 2 is 1.63 bits per heavy atom. The minimum absolute atomic E-state index is 0.0507. The summed E-state index contributed by atoms with van der Waals surface area (Å²) in [5.41, 5.74) is 2.88. The number of thiazole rings is 1. The van der Waals surface area contributed by atoms with E-state index in [9.17, 15) is 4.79 Å². The quantitative estimate of drug-likeness (QED) is 0.470. The summed E-state index contributed by atoms with van der Waals surface area (Å²) >= 11 is 3.17. The summed E-state index contributed by atoms with van der Waals surface area (Å²) in [4.78, 5) is 16.8. The van der Waals surface area contributed by atoms with Gasteiger partial charge in [0, 0.05) is 23.7 Å². The second kappa shape index (κ2) is 10.9. The Bertz CT molecular complexity index is 951. The van der Waals surface area contributed by atoms with Crippen LogP contribution in [0.3, 0.4) is 0 Å². The van der Waals surface area contributed by atoms with E-state index in [0.29, 0.717) is 6.54 Å². The second-order valence-corrected chi connectivity index (χ2v) is 8.50. The van der Waals surface area contributed by atoms with E-state index < -0.39 is 0 Å². The summed E-state index contributed by atoms with van der Waals surface area (Å²) in [7, 11) is 4.90. The maximum absolute atomic E-state index is 12.2. The maximum Gasteiger partial charge on any atom is 0.226 e. The number of methoxy groups -OCH3 is 3. The van der Waals surface area contributed by atoms with E-state index in [1.54, 1.807) is 44.4 Å². The van der Waals surface area contributed by atoms with Crippen molar-refractivity contribution < 1.29 is 19.0 Å². The van der Waals surface area contributed by atoms with Gasteiger partial charge in [-0.15, -0.1) is 11.3 Å². The van der Waals surface area contributed by atoms with E-state index in [-0.39, 0.29) is 12.3 Å². The highest BCUT2D eigenvalue weighted by atomic mass is 32.2. The van der Waals surface area contributed by atoms with E-state index in [2.05, 4.69) is 10.3 Å². The lowest BCUT2D eigenvalue weighted by Gasteiger charge is -2.07. The summed E-state index contributed by atoms with van der Waals surface area (Å²) in [6.07, 6.45) is 0.264. The van der Waals surface area contributed by atoms with Crippen LogP contribution in [-0.4, -0.2) is 32.2 Å². The zero-order valence-corrected chi connectivity index (χ0v) is 18.8. The molecule has 0 bridgehead atoms. The molecule has 2 aromatic carbocycles. The highest BCUT2D eigenvalue weighted by molar-refractivity contribution is 8.00. The van der Waals surface area contributed by atoms with Crippen LogP contribution in [0.4, 0.5) is 0 Å². The Morgan fingerprint density at radius 1 is 0.967 bits per heavy atom. The van der Waals surface area contributed by atoms with Crippen LogP contribution < -0.4 is 19.5 Å². The van der Waals surface area contributed by atoms with Gasteiger partial charge in [-0.25, -0.2) is 4.98 Å². The van der Waals surface area contributed by atoms with Crippen LogP contribution in [0, 0.1) is 0 Å². The number of carbonyl (C=O) groups is 1. The summed E-state index contributed by atoms with van der Waals surface area (Å²) in [5, 5.41) is 4.86. The first kappa shape index (κ1) is 22.0. The molecule has 1 heterocycles. The molecule has 1 aromatic heterocycles. The van der Waals surface area contributed by atoms with Gasteiger partial charge in [0.2, 0.25) is 5.91 Å². The van der Waals surface area contributed by atoms with Crippen molar-refractivity contribution in [2.75, 3.05) is 21.3 Å². The molecular formula is C22H24N2O4S2. The Hall–Kier alpha value is -2.71. The monoisotopic (exact) mass is 444 g/mol. The number of aromatic nitrogens is 1. The minimum atomic E-state index is -0.0507. The fourth-order valence-electron chi connectivity index (χ4n) is 2.70. The van der Waals surface area contributed by atoms with Gasteiger partial charge in [-0.1, -0.05) is 23.9 Å². The van der Waals surface area contributed by atoms with Crippen LogP contribution in [0.5, 0.6) is 17.2 Å². The summed E-state index contributed by atoms with van der Waals surface area (Å²) in [6.45, 7) is 0.478. The average molecular weight is 445 g/mol. The van der Waals surface area contributed by atoms with Gasteiger partial charge in [0.15, 0.2) is 0 Å². The second-order valence-electron chi connectivity index (χ2n) is 6.42. The molecule has 0 unspecified atom stereocenters. The van der Waals surface area contributed by atoms with Crippen LogP contribution in [-0.2, 0) is 23.5 Å². The molecule has 30 heavy (non-hydrogen) atoms. The molecule has 0 saturated heterocycles. The number of hydrogen-bond acceptors (Lipinski definition) is 7. The van der Waals surface area contributed by atoms with Crippen molar-refractivity contribution in [2.45, 2.75) is 23.1 Å². The molecule has 3 aromatic rings. The lowest BCUT2D eigenvalue weighted by Crippen LogP contribution is -2.24. The van der Waals surface area contributed by atoms with Crippen molar-refractivity contribution in [3.63, 3.8) is 0 Å². The van der Waals surface area contributed by atoms with Crippen molar-refractivity contribution in [3.05, 3.63) is 64.7 Å². The molecule has 0 spiro atoms. The van der Waals surface area contributed by atoms with E-state index in [1.807, 2.05) is 47.8 Å². The highest BCUT2D eigenvalue weighted by Crippen LogP contribution is 2.30. The first-order valence-electron chi connectivity index (χ1n) is 9.28. The SMILES string of the molecule is COc1ccc(CNC(=O)Cc2csc(SCc3cc(OC)cc(OC)c3)n2)cc1. The molecule has 6 nitrogen and oxygen atoms in total. The van der Waals surface area contributed by atoms with Crippen molar-refractivity contribution in [1.82, 2.24) is 10.3 Å². The Morgan fingerprint density at radius 3 is 2.27 bits per heavy atom. The highest BCUT2D eigenvalue weighted by Gasteiger charge is 2.09. The number of thioether (sulfide) groups is 1. The molecule has 1 N–H and O–H groups in total. The van der Waals surface area contributed by atoms with Gasteiger partial charge < -0.3 is 19.5 Å². The first-order valence-corrected chi connectivity index (χ1v) is 11.1. The molecule has 0 aliphatic carbocycles. The summed E-state index contributed by atoms with van der Waals surface area (Å²) in [5.74, 6) is 3.01. The molecule has 8 heteroatoms. The number of rotatable bonds is 10. The van der Waals surface area contributed by atoms with Gasteiger partial charge in [0.1, 0.15) is 21.6 Å². The topological polar surface area (TPSA) is 69.7 Å². The predicted octanol–water partition coefficient (Wildman–Crippen LogP) is 4.32. The number of benzene rings is 2. The van der Waals surface area contributed by atoms with E-state index in [4.69, 9.17) is 14.2 Å². The normalized spacial score (nSPS) is 10.5. The van der Waals surface area contributed by atoms with Gasteiger partial charge in [-0.05, 0) is 35.4 Å². The molecule has 0 atom stereocenters. The number of nitrogens with zero attached hydrogens (tertiary/aromatic N) is 1. The molecular weight excluding hydrogens is 420 g/mol. The zero-order chi connectivity index (χ0) is 21.3. The van der Waals surface area contributed by atoms with Crippen molar-refractivity contribution in [3.8, 4) is 17.2 Å². The van der Waals surface area contributed by atoms with Gasteiger partial charge >= 0.3 is 0 Å². The summed E-state index contributed by atoms with van der Waals surface area (Å²) in [6, 6.07) is 13.4. The first-order chi connectivity index (χ1) is 14.6. The van der Waals surface area contributed by atoms with E-state index >= 15 is 0 Å². The molecule has 0 saturated carbocycles. The maximum atomic E-state index is 12.2.